The Morgan fingerprint density at radius 3 is 2.38 bits per heavy atom. The maximum absolute atomic E-state index is 14.7. The van der Waals surface area contributed by atoms with Crippen molar-refractivity contribution in [1.29, 1.82) is 0 Å². The largest absolute Gasteiger partial charge is 0.357 e. The molecule has 11 heteroatoms. The lowest BCUT2D eigenvalue weighted by Gasteiger charge is -2.36. The van der Waals surface area contributed by atoms with Gasteiger partial charge in [0, 0.05) is 38.3 Å². The number of amides is 2. The molecular weight excluding hydrogens is 441 g/mol. The second kappa shape index (κ2) is 9.32. The summed E-state index contributed by atoms with van der Waals surface area (Å²) < 4.78 is 16.0. The van der Waals surface area contributed by atoms with Crippen LogP contribution in [0.25, 0.3) is 16.7 Å². The van der Waals surface area contributed by atoms with Crippen LogP contribution >= 0.6 is 0 Å². The molecule has 2 aliphatic rings. The van der Waals surface area contributed by atoms with E-state index >= 15 is 0 Å². The summed E-state index contributed by atoms with van der Waals surface area (Å²) in [6, 6.07) is 0. The van der Waals surface area contributed by atoms with Crippen LogP contribution in [0.15, 0.2) is 24.8 Å². The number of hydrogen-bond donors (Lipinski definition) is 1. The molecule has 5 rings (SSSR count). The van der Waals surface area contributed by atoms with Crippen molar-refractivity contribution in [3.8, 4) is 5.82 Å². The van der Waals surface area contributed by atoms with Crippen LogP contribution in [-0.2, 0) is 9.59 Å². The van der Waals surface area contributed by atoms with Crippen LogP contribution in [0.4, 0.5) is 4.39 Å². The molecule has 0 bridgehead atoms. The van der Waals surface area contributed by atoms with E-state index in [1.54, 1.807) is 6.20 Å². The van der Waals surface area contributed by atoms with Crippen molar-refractivity contribution in [1.82, 2.24) is 34.8 Å². The number of Topliss-reactive ketones (excluding diaryl/α,β-unsaturated/α-hetero) is 1. The number of halogens is 1. The molecule has 3 aromatic heterocycles. The molecule has 2 fully saturated rings. The Morgan fingerprint density at radius 2 is 1.71 bits per heavy atom. The Hall–Kier alpha value is -3.63. The number of piperazine rings is 1. The summed E-state index contributed by atoms with van der Waals surface area (Å²) >= 11 is 0. The van der Waals surface area contributed by atoms with Gasteiger partial charge < -0.3 is 14.8 Å². The zero-order chi connectivity index (χ0) is 23.7. The van der Waals surface area contributed by atoms with Crippen molar-refractivity contribution in [2.75, 3.05) is 26.2 Å². The number of fused-ring (bicyclic) bond motifs is 1. The molecule has 3 aromatic rings. The zero-order valence-electron chi connectivity index (χ0n) is 18.7. The second-order valence-corrected chi connectivity index (χ2v) is 8.86. The highest BCUT2D eigenvalue weighted by molar-refractivity contribution is 6.45. The Bertz CT molecular complexity index is 1210. The summed E-state index contributed by atoms with van der Waals surface area (Å²) in [4.78, 5) is 49.1. The number of hydrogen-bond acceptors (Lipinski definition) is 6. The van der Waals surface area contributed by atoms with E-state index in [0.717, 1.165) is 31.9 Å². The molecule has 0 spiro atoms. The minimum absolute atomic E-state index is 0.0129. The first-order valence-electron chi connectivity index (χ1n) is 11.7. The average molecular weight is 468 g/mol. The number of pyridine rings is 1. The normalized spacial score (nSPS) is 17.7. The van der Waals surface area contributed by atoms with Crippen molar-refractivity contribution in [3.05, 3.63) is 36.2 Å². The van der Waals surface area contributed by atoms with Crippen LogP contribution in [0.5, 0.6) is 0 Å². The molecule has 1 saturated heterocycles. The third kappa shape index (κ3) is 4.06. The highest BCUT2D eigenvalue weighted by atomic mass is 19.1. The van der Waals surface area contributed by atoms with Gasteiger partial charge in [0.05, 0.1) is 35.1 Å². The van der Waals surface area contributed by atoms with Gasteiger partial charge in [-0.25, -0.2) is 14.1 Å². The number of aromatic nitrogens is 5. The molecular formula is C23H26FN7O3. The van der Waals surface area contributed by atoms with Gasteiger partial charge >= 0.3 is 0 Å². The number of ketones is 1. The first kappa shape index (κ1) is 22.2. The van der Waals surface area contributed by atoms with Gasteiger partial charge in [0.15, 0.2) is 11.6 Å². The lowest BCUT2D eigenvalue weighted by Crippen LogP contribution is -2.53. The van der Waals surface area contributed by atoms with Crippen LogP contribution in [-0.4, -0.2) is 78.5 Å². The number of carbonyl (C=O) groups is 3. The molecule has 34 heavy (non-hydrogen) atoms. The Kier molecular flexibility index (Phi) is 6.08. The minimum Gasteiger partial charge on any atom is -0.357 e. The van der Waals surface area contributed by atoms with Crippen molar-refractivity contribution in [2.24, 2.45) is 5.92 Å². The highest BCUT2D eigenvalue weighted by Gasteiger charge is 2.33. The summed E-state index contributed by atoms with van der Waals surface area (Å²) in [5.74, 6) is -1.73. The maximum Gasteiger partial charge on any atom is 0.295 e. The Morgan fingerprint density at radius 1 is 1.00 bits per heavy atom. The molecule has 2 amide bonds. The number of nitrogens with one attached hydrogen (secondary N) is 1. The molecule has 1 saturated carbocycles. The molecule has 0 radical (unpaired) electrons. The predicted molar refractivity (Wildman–Crippen MR) is 120 cm³/mol. The van der Waals surface area contributed by atoms with E-state index in [1.165, 1.54) is 34.8 Å². The van der Waals surface area contributed by atoms with Gasteiger partial charge in [0.1, 0.15) is 0 Å². The molecule has 1 aliphatic heterocycles. The number of aromatic amines is 1. The number of nitrogens with zero attached hydrogens (tertiary/aromatic N) is 6. The van der Waals surface area contributed by atoms with Gasteiger partial charge in [0.2, 0.25) is 5.91 Å². The van der Waals surface area contributed by atoms with Gasteiger partial charge in [-0.2, -0.15) is 0 Å². The van der Waals surface area contributed by atoms with E-state index in [-0.39, 0.29) is 47.2 Å². The van der Waals surface area contributed by atoms with Crippen LogP contribution in [0, 0.1) is 11.7 Å². The van der Waals surface area contributed by atoms with Crippen molar-refractivity contribution >= 4 is 28.5 Å². The van der Waals surface area contributed by atoms with Gasteiger partial charge in [-0.1, -0.05) is 30.9 Å². The molecule has 1 N–H and O–H groups in total. The van der Waals surface area contributed by atoms with Crippen LogP contribution < -0.4 is 0 Å². The lowest BCUT2D eigenvalue weighted by atomic mass is 9.98. The fourth-order valence-corrected chi connectivity index (χ4v) is 4.94. The fraction of sp³-hybridized carbons (Fsp3) is 0.478. The first-order chi connectivity index (χ1) is 16.5. The molecule has 4 heterocycles. The van der Waals surface area contributed by atoms with Gasteiger partial charge in [0.25, 0.3) is 11.7 Å². The van der Waals surface area contributed by atoms with E-state index < -0.39 is 17.5 Å². The van der Waals surface area contributed by atoms with E-state index in [0.29, 0.717) is 13.1 Å². The summed E-state index contributed by atoms with van der Waals surface area (Å²) in [5, 5.41) is 7.57. The zero-order valence-corrected chi connectivity index (χ0v) is 18.7. The maximum atomic E-state index is 14.7. The van der Waals surface area contributed by atoms with Crippen LogP contribution in [0.3, 0.4) is 0 Å². The molecule has 10 nitrogen and oxygen atoms in total. The molecule has 0 atom stereocenters. The minimum atomic E-state index is -0.801. The topological polar surface area (TPSA) is 117 Å². The number of carbonyl (C=O) groups excluding carboxylic acids is 3. The number of H-pyrrole nitrogens is 1. The van der Waals surface area contributed by atoms with Gasteiger partial charge in [-0.3, -0.25) is 14.4 Å². The van der Waals surface area contributed by atoms with E-state index in [9.17, 15) is 18.8 Å². The fourth-order valence-electron chi connectivity index (χ4n) is 4.94. The van der Waals surface area contributed by atoms with E-state index in [2.05, 4.69) is 20.3 Å². The van der Waals surface area contributed by atoms with Gasteiger partial charge in [-0.05, 0) is 12.8 Å². The number of rotatable bonds is 4. The quantitative estimate of drug-likeness (QED) is 0.357. The monoisotopic (exact) mass is 467 g/mol. The first-order valence-corrected chi connectivity index (χ1v) is 11.7. The van der Waals surface area contributed by atoms with E-state index in [1.807, 2.05) is 4.90 Å². The Labute approximate surface area is 195 Å². The molecule has 0 unspecified atom stereocenters. The third-order valence-corrected chi connectivity index (χ3v) is 6.80. The Balaban J connectivity index is 1.29. The van der Waals surface area contributed by atoms with Gasteiger partial charge in [-0.15, -0.1) is 5.10 Å². The predicted octanol–water partition coefficient (Wildman–Crippen LogP) is 2.11. The van der Waals surface area contributed by atoms with Crippen molar-refractivity contribution in [3.63, 3.8) is 0 Å². The van der Waals surface area contributed by atoms with E-state index in [4.69, 9.17) is 0 Å². The average Bonchev–Trinajstić information content (AvgIpc) is 3.48. The molecule has 1 aliphatic carbocycles. The SMILES string of the molecule is O=C(C(=O)N1CCN(C(=O)C2CCCCCC2)CC1)c1c[nH]c2c(-n3ccnn3)ncc(F)c12. The standard InChI is InChI=1S/C23H26FN7O3/c24-17-14-26-21(31-8-7-27-28-31)19-18(17)16(13-25-19)20(32)23(34)30-11-9-29(10-12-30)22(33)15-5-3-1-2-4-6-15/h7-8,13-15,25H,1-6,9-12H2. The van der Waals surface area contributed by atoms with Crippen molar-refractivity contribution < 1.29 is 18.8 Å². The summed E-state index contributed by atoms with van der Waals surface area (Å²) in [6.45, 7) is 1.35. The molecule has 0 aromatic carbocycles. The highest BCUT2D eigenvalue weighted by Crippen LogP contribution is 2.27. The summed E-state index contributed by atoms with van der Waals surface area (Å²) in [7, 11) is 0. The smallest absolute Gasteiger partial charge is 0.295 e. The third-order valence-electron chi connectivity index (χ3n) is 6.80. The van der Waals surface area contributed by atoms with Crippen LogP contribution in [0.2, 0.25) is 0 Å². The van der Waals surface area contributed by atoms with Crippen molar-refractivity contribution in [2.45, 2.75) is 38.5 Å². The van der Waals surface area contributed by atoms with Crippen LogP contribution in [0.1, 0.15) is 48.9 Å². The lowest BCUT2D eigenvalue weighted by molar-refractivity contribution is -0.140. The summed E-state index contributed by atoms with van der Waals surface area (Å²) in [6.07, 6.45) is 11.7. The second-order valence-electron chi connectivity index (χ2n) is 8.86. The molecule has 178 valence electrons. The summed E-state index contributed by atoms with van der Waals surface area (Å²) in [5.41, 5.74) is 0.193.